The Morgan fingerprint density at radius 1 is 1.09 bits per heavy atom. The minimum atomic E-state index is -0.638. The number of nitrogens with zero attached hydrogens (tertiary/aromatic N) is 2. The van der Waals surface area contributed by atoms with Gasteiger partial charge in [0.1, 0.15) is 12.4 Å². The molecule has 9 nitrogen and oxygen atoms in total. The Kier molecular flexibility index (Phi) is 7.22. The number of hydrogen-bond donors (Lipinski definition) is 3. The summed E-state index contributed by atoms with van der Waals surface area (Å²) in [6, 6.07) is 15.7. The highest BCUT2D eigenvalue weighted by molar-refractivity contribution is 5.95. The Bertz CT molecular complexity index is 1150. The van der Waals surface area contributed by atoms with Crippen LogP contribution in [0.2, 0.25) is 0 Å². The molecule has 0 aliphatic rings. The van der Waals surface area contributed by atoms with Gasteiger partial charge in [0, 0.05) is 24.5 Å². The van der Waals surface area contributed by atoms with Crippen LogP contribution in [0.25, 0.3) is 5.69 Å². The predicted octanol–water partition coefficient (Wildman–Crippen LogP) is 1.39. The van der Waals surface area contributed by atoms with Crippen LogP contribution in [0.3, 0.4) is 0 Å². The summed E-state index contributed by atoms with van der Waals surface area (Å²) in [5.74, 6) is -1.52. The Balaban J connectivity index is 1.67. The van der Waals surface area contributed by atoms with Crippen molar-refractivity contribution >= 4 is 17.7 Å². The van der Waals surface area contributed by atoms with Gasteiger partial charge in [0.15, 0.2) is 0 Å². The number of imidazole rings is 1. The van der Waals surface area contributed by atoms with Crippen molar-refractivity contribution in [3.05, 3.63) is 88.6 Å². The molecule has 4 N–H and O–H groups in total. The molecule has 3 aromatic rings. The smallest absolute Gasteiger partial charge is 0.333 e. The van der Waals surface area contributed by atoms with Crippen molar-refractivity contribution < 1.29 is 14.3 Å². The van der Waals surface area contributed by atoms with Crippen LogP contribution >= 0.6 is 0 Å². The molecule has 2 aromatic carbocycles. The van der Waals surface area contributed by atoms with Crippen molar-refractivity contribution in [3.63, 3.8) is 0 Å². The van der Waals surface area contributed by atoms with Crippen LogP contribution in [0.4, 0.5) is 0 Å². The van der Waals surface area contributed by atoms with Gasteiger partial charge in [-0.3, -0.25) is 24.1 Å². The van der Waals surface area contributed by atoms with Gasteiger partial charge in [-0.25, -0.2) is 4.79 Å². The van der Waals surface area contributed by atoms with E-state index >= 15 is 0 Å². The van der Waals surface area contributed by atoms with E-state index in [0.29, 0.717) is 11.3 Å². The van der Waals surface area contributed by atoms with E-state index in [1.54, 1.807) is 49.5 Å². The Morgan fingerprint density at radius 2 is 1.78 bits per heavy atom. The number of nitrogen functional groups attached to an aromatic ring is 1. The summed E-state index contributed by atoms with van der Waals surface area (Å²) in [7, 11) is 0. The minimum Gasteiger partial charge on any atom is -0.465 e. The van der Waals surface area contributed by atoms with E-state index in [2.05, 4.69) is 5.32 Å². The first-order valence-electron chi connectivity index (χ1n) is 10.1. The lowest BCUT2D eigenvalue weighted by molar-refractivity contribution is -0.144. The fourth-order valence-corrected chi connectivity index (χ4v) is 3.22. The van der Waals surface area contributed by atoms with Gasteiger partial charge in [-0.2, -0.15) is 0 Å². The van der Waals surface area contributed by atoms with Crippen LogP contribution in [0.1, 0.15) is 24.0 Å². The van der Waals surface area contributed by atoms with Crippen molar-refractivity contribution in [2.24, 2.45) is 5.73 Å². The molecule has 0 radical (unpaired) electrons. The lowest BCUT2D eigenvalue weighted by atomic mass is 9.99. The summed E-state index contributed by atoms with van der Waals surface area (Å²) < 4.78 is 7.80. The van der Waals surface area contributed by atoms with Gasteiger partial charge in [0.25, 0.3) is 0 Å². The Labute approximate surface area is 184 Å². The number of ether oxygens (including phenoxy) is 1. The van der Waals surface area contributed by atoms with Crippen molar-refractivity contribution in [2.75, 3.05) is 13.2 Å². The monoisotopic (exact) mass is 435 g/mol. The van der Waals surface area contributed by atoms with Crippen LogP contribution in [0.5, 0.6) is 0 Å². The SMILES string of the molecule is CCOC(=O)C(CNC(=O)Cn1ccn(-c2ccc(C(=N)N)cc2)c1=O)c1ccccc1. The molecule has 0 aliphatic carbocycles. The molecule has 0 spiro atoms. The molecule has 166 valence electrons. The van der Waals surface area contributed by atoms with E-state index in [0.717, 1.165) is 5.56 Å². The Morgan fingerprint density at radius 3 is 2.41 bits per heavy atom. The maximum atomic E-state index is 12.7. The molecule has 0 saturated carbocycles. The number of rotatable bonds is 9. The van der Waals surface area contributed by atoms with Gasteiger partial charge >= 0.3 is 11.7 Å². The number of nitrogens with one attached hydrogen (secondary N) is 2. The summed E-state index contributed by atoms with van der Waals surface area (Å²) in [5.41, 5.74) is 6.94. The molecule has 0 saturated heterocycles. The highest BCUT2D eigenvalue weighted by Crippen LogP contribution is 2.16. The average molecular weight is 435 g/mol. The summed E-state index contributed by atoms with van der Waals surface area (Å²) in [4.78, 5) is 37.5. The van der Waals surface area contributed by atoms with Crippen LogP contribution in [-0.4, -0.2) is 40.0 Å². The van der Waals surface area contributed by atoms with E-state index in [1.807, 2.05) is 18.2 Å². The molecule has 0 fully saturated rings. The summed E-state index contributed by atoms with van der Waals surface area (Å²) in [6.07, 6.45) is 3.07. The average Bonchev–Trinajstić information content (AvgIpc) is 3.15. The van der Waals surface area contributed by atoms with Gasteiger partial charge < -0.3 is 15.8 Å². The zero-order chi connectivity index (χ0) is 23.1. The molecule has 1 amide bonds. The van der Waals surface area contributed by atoms with Gasteiger partial charge in [0.2, 0.25) is 5.91 Å². The molecule has 1 heterocycles. The standard InChI is InChI=1S/C23H25N5O4/c1-2-32-22(30)19(16-6-4-3-5-7-16)14-26-20(29)15-27-12-13-28(23(27)31)18-10-8-17(9-11-18)21(24)25/h3-13,19H,2,14-15H2,1H3,(H3,24,25)(H,26,29). The Hall–Kier alpha value is -4.14. The quantitative estimate of drug-likeness (QED) is 0.265. The van der Waals surface area contributed by atoms with Crippen LogP contribution in [0.15, 0.2) is 71.8 Å². The number of esters is 1. The fraction of sp³-hybridized carbons (Fsp3) is 0.217. The summed E-state index contributed by atoms with van der Waals surface area (Å²) in [5, 5.41) is 10.2. The van der Waals surface area contributed by atoms with E-state index in [-0.39, 0.29) is 31.2 Å². The molecule has 1 unspecified atom stereocenters. The first kappa shape index (κ1) is 22.5. The largest absolute Gasteiger partial charge is 0.465 e. The highest BCUT2D eigenvalue weighted by atomic mass is 16.5. The molecule has 1 aromatic heterocycles. The zero-order valence-electron chi connectivity index (χ0n) is 17.7. The number of carbonyl (C=O) groups excluding carboxylic acids is 2. The van der Waals surface area contributed by atoms with Gasteiger partial charge in [-0.05, 0) is 36.8 Å². The molecular weight excluding hydrogens is 410 g/mol. The van der Waals surface area contributed by atoms with E-state index in [1.165, 1.54) is 15.3 Å². The maximum Gasteiger partial charge on any atom is 0.333 e. The minimum absolute atomic E-state index is 0.0592. The first-order chi connectivity index (χ1) is 15.4. The van der Waals surface area contributed by atoms with E-state index in [9.17, 15) is 14.4 Å². The number of aromatic nitrogens is 2. The zero-order valence-corrected chi connectivity index (χ0v) is 17.7. The predicted molar refractivity (Wildman–Crippen MR) is 120 cm³/mol. The van der Waals surface area contributed by atoms with Crippen molar-refractivity contribution in [1.82, 2.24) is 14.5 Å². The third-order valence-electron chi connectivity index (χ3n) is 4.89. The fourth-order valence-electron chi connectivity index (χ4n) is 3.22. The number of carbonyl (C=O) groups is 2. The van der Waals surface area contributed by atoms with Crippen molar-refractivity contribution in [2.45, 2.75) is 19.4 Å². The number of amides is 1. The lowest BCUT2D eigenvalue weighted by Gasteiger charge is -2.16. The molecular formula is C23H25N5O4. The highest BCUT2D eigenvalue weighted by Gasteiger charge is 2.22. The van der Waals surface area contributed by atoms with Crippen LogP contribution < -0.4 is 16.7 Å². The van der Waals surface area contributed by atoms with Crippen LogP contribution in [0, 0.1) is 5.41 Å². The molecule has 9 heteroatoms. The second-order valence-corrected chi connectivity index (χ2v) is 7.06. The third kappa shape index (κ3) is 5.31. The van der Waals surface area contributed by atoms with Crippen molar-refractivity contribution in [3.8, 4) is 5.69 Å². The molecule has 0 aliphatic heterocycles. The van der Waals surface area contributed by atoms with E-state index < -0.39 is 17.8 Å². The number of hydrogen-bond acceptors (Lipinski definition) is 5. The molecule has 1 atom stereocenters. The maximum absolute atomic E-state index is 12.7. The topological polar surface area (TPSA) is 132 Å². The lowest BCUT2D eigenvalue weighted by Crippen LogP contribution is -2.36. The number of nitrogens with two attached hydrogens (primary N) is 1. The second kappa shape index (κ2) is 10.3. The molecule has 0 bridgehead atoms. The second-order valence-electron chi connectivity index (χ2n) is 7.06. The molecule has 3 rings (SSSR count). The van der Waals surface area contributed by atoms with Gasteiger partial charge in [-0.1, -0.05) is 30.3 Å². The normalized spacial score (nSPS) is 11.5. The summed E-state index contributed by atoms with van der Waals surface area (Å²) >= 11 is 0. The third-order valence-corrected chi connectivity index (χ3v) is 4.89. The van der Waals surface area contributed by atoms with Crippen LogP contribution in [-0.2, 0) is 20.9 Å². The van der Waals surface area contributed by atoms with E-state index in [4.69, 9.17) is 15.9 Å². The van der Waals surface area contributed by atoms with Gasteiger partial charge in [0.05, 0.1) is 18.2 Å². The summed E-state index contributed by atoms with van der Waals surface area (Å²) in [6.45, 7) is 1.83. The molecule has 32 heavy (non-hydrogen) atoms. The number of benzene rings is 2. The van der Waals surface area contributed by atoms with Crippen molar-refractivity contribution in [1.29, 1.82) is 5.41 Å². The first-order valence-corrected chi connectivity index (χ1v) is 10.1. The number of amidine groups is 1. The van der Waals surface area contributed by atoms with Gasteiger partial charge in [-0.15, -0.1) is 0 Å².